The molecular formula is C13H19NO4. The lowest BCUT2D eigenvalue weighted by Gasteiger charge is -2.19. The van der Waals surface area contributed by atoms with Crippen molar-refractivity contribution in [2.75, 3.05) is 0 Å². The molecule has 1 aromatic rings. The summed E-state index contributed by atoms with van der Waals surface area (Å²) in [6, 6.07) is 0.734. The van der Waals surface area contributed by atoms with Crippen molar-refractivity contribution >= 4 is 11.9 Å². The van der Waals surface area contributed by atoms with E-state index in [-0.39, 0.29) is 5.92 Å². The van der Waals surface area contributed by atoms with Gasteiger partial charge in [-0.25, -0.2) is 4.79 Å². The van der Waals surface area contributed by atoms with E-state index < -0.39 is 17.9 Å². The molecule has 1 aromatic heterocycles. The third-order valence-corrected chi connectivity index (χ3v) is 3.05. The van der Waals surface area contributed by atoms with Gasteiger partial charge in [-0.05, 0) is 25.8 Å². The van der Waals surface area contributed by atoms with Crippen LogP contribution >= 0.6 is 0 Å². The van der Waals surface area contributed by atoms with E-state index in [1.165, 1.54) is 0 Å². The number of hydrogen-bond donors (Lipinski definition) is 2. The molecule has 0 aliphatic rings. The molecule has 0 aliphatic heterocycles. The molecule has 0 aliphatic carbocycles. The summed E-state index contributed by atoms with van der Waals surface area (Å²) in [7, 11) is 0. The average molecular weight is 253 g/mol. The monoisotopic (exact) mass is 253 g/mol. The predicted octanol–water partition coefficient (Wildman–Crippen LogP) is 2.13. The van der Waals surface area contributed by atoms with Gasteiger partial charge in [-0.15, -0.1) is 0 Å². The van der Waals surface area contributed by atoms with Crippen LogP contribution in [-0.4, -0.2) is 23.0 Å². The van der Waals surface area contributed by atoms with Gasteiger partial charge in [-0.2, -0.15) is 0 Å². The van der Waals surface area contributed by atoms with Gasteiger partial charge in [-0.3, -0.25) is 4.79 Å². The van der Waals surface area contributed by atoms with Gasteiger partial charge in [0.1, 0.15) is 17.6 Å². The minimum absolute atomic E-state index is 0.125. The highest BCUT2D eigenvalue weighted by Gasteiger charge is 2.26. The quantitative estimate of drug-likeness (QED) is 0.842. The molecule has 1 rings (SSSR count). The smallest absolute Gasteiger partial charge is 0.326 e. The number of amides is 1. The van der Waals surface area contributed by atoms with Crippen molar-refractivity contribution in [1.29, 1.82) is 0 Å². The summed E-state index contributed by atoms with van der Waals surface area (Å²) in [5.74, 6) is -0.418. The molecular weight excluding hydrogens is 234 g/mol. The fourth-order valence-electron chi connectivity index (χ4n) is 1.76. The zero-order chi connectivity index (χ0) is 13.9. The Bertz CT molecular complexity index is 450. The first-order chi connectivity index (χ1) is 8.36. The van der Waals surface area contributed by atoms with Crippen molar-refractivity contribution in [3.05, 3.63) is 23.2 Å². The van der Waals surface area contributed by atoms with Gasteiger partial charge < -0.3 is 14.8 Å². The summed E-state index contributed by atoms with van der Waals surface area (Å²) in [6.45, 7) is 7.11. The second kappa shape index (κ2) is 5.71. The van der Waals surface area contributed by atoms with Gasteiger partial charge in [0.25, 0.3) is 5.91 Å². The highest BCUT2D eigenvalue weighted by Crippen LogP contribution is 2.15. The summed E-state index contributed by atoms with van der Waals surface area (Å²) >= 11 is 0. The largest absolute Gasteiger partial charge is 0.480 e. The highest BCUT2D eigenvalue weighted by atomic mass is 16.4. The normalized spacial score (nSPS) is 14.0. The van der Waals surface area contributed by atoms with E-state index in [1.54, 1.807) is 26.8 Å². The molecule has 0 spiro atoms. The maximum absolute atomic E-state index is 12.0. The van der Waals surface area contributed by atoms with Crippen LogP contribution in [0.3, 0.4) is 0 Å². The molecule has 100 valence electrons. The number of carboxylic acid groups (broad SMARTS) is 1. The molecule has 2 atom stereocenters. The molecule has 0 saturated heterocycles. The maximum atomic E-state index is 12.0. The van der Waals surface area contributed by atoms with Crippen LogP contribution in [0.15, 0.2) is 10.5 Å². The molecule has 0 radical (unpaired) electrons. The lowest BCUT2D eigenvalue weighted by atomic mass is 9.99. The van der Waals surface area contributed by atoms with Crippen LogP contribution in [0.4, 0.5) is 0 Å². The minimum Gasteiger partial charge on any atom is -0.480 e. The number of aliphatic carboxylic acids is 1. The Morgan fingerprint density at radius 3 is 2.44 bits per heavy atom. The Kier molecular flexibility index (Phi) is 4.53. The molecule has 0 bridgehead atoms. The van der Waals surface area contributed by atoms with E-state index in [0.717, 1.165) is 0 Å². The van der Waals surface area contributed by atoms with Crippen LogP contribution in [-0.2, 0) is 4.79 Å². The summed E-state index contributed by atoms with van der Waals surface area (Å²) in [5.41, 5.74) is 0.391. The van der Waals surface area contributed by atoms with Crippen molar-refractivity contribution in [3.8, 4) is 0 Å². The van der Waals surface area contributed by atoms with Crippen LogP contribution in [0.2, 0.25) is 0 Å². The number of rotatable bonds is 5. The fraction of sp³-hybridized carbons (Fsp3) is 0.538. The molecule has 2 N–H and O–H groups in total. The Morgan fingerprint density at radius 2 is 2.06 bits per heavy atom. The number of carbonyl (C=O) groups is 2. The molecule has 1 heterocycles. The second-order valence-corrected chi connectivity index (χ2v) is 4.50. The van der Waals surface area contributed by atoms with Gasteiger partial charge in [0.05, 0.1) is 5.56 Å². The Hall–Kier alpha value is -1.78. The summed E-state index contributed by atoms with van der Waals surface area (Å²) in [6.07, 6.45) is 0.681. The van der Waals surface area contributed by atoms with E-state index in [0.29, 0.717) is 23.5 Å². The van der Waals surface area contributed by atoms with E-state index in [9.17, 15) is 9.59 Å². The summed E-state index contributed by atoms with van der Waals surface area (Å²) in [5, 5.41) is 11.6. The van der Waals surface area contributed by atoms with E-state index >= 15 is 0 Å². The van der Waals surface area contributed by atoms with Gasteiger partial charge >= 0.3 is 5.97 Å². The van der Waals surface area contributed by atoms with Gasteiger partial charge in [0.15, 0.2) is 0 Å². The maximum Gasteiger partial charge on any atom is 0.326 e. The Labute approximate surface area is 106 Å². The van der Waals surface area contributed by atoms with Crippen LogP contribution < -0.4 is 5.32 Å². The number of furan rings is 1. The van der Waals surface area contributed by atoms with Crippen LogP contribution in [0, 0.1) is 19.8 Å². The number of hydrogen-bond acceptors (Lipinski definition) is 3. The molecule has 18 heavy (non-hydrogen) atoms. The van der Waals surface area contributed by atoms with Crippen LogP contribution in [0.1, 0.15) is 42.1 Å². The predicted molar refractivity (Wildman–Crippen MR) is 66.5 cm³/mol. The highest BCUT2D eigenvalue weighted by molar-refractivity contribution is 5.97. The topological polar surface area (TPSA) is 79.5 Å². The van der Waals surface area contributed by atoms with Crippen molar-refractivity contribution in [2.24, 2.45) is 5.92 Å². The zero-order valence-electron chi connectivity index (χ0n) is 11.1. The van der Waals surface area contributed by atoms with Crippen molar-refractivity contribution in [3.63, 3.8) is 0 Å². The van der Waals surface area contributed by atoms with Crippen molar-refractivity contribution < 1.29 is 19.1 Å². The van der Waals surface area contributed by atoms with E-state index in [4.69, 9.17) is 9.52 Å². The summed E-state index contributed by atoms with van der Waals surface area (Å²) < 4.78 is 5.26. The van der Waals surface area contributed by atoms with Crippen molar-refractivity contribution in [1.82, 2.24) is 5.32 Å². The average Bonchev–Trinajstić information content (AvgIpc) is 2.63. The fourth-order valence-corrected chi connectivity index (χ4v) is 1.76. The molecule has 5 nitrogen and oxygen atoms in total. The third-order valence-electron chi connectivity index (χ3n) is 3.05. The molecule has 5 heteroatoms. The number of carbonyl (C=O) groups excluding carboxylic acids is 1. The van der Waals surface area contributed by atoms with Crippen LogP contribution in [0.25, 0.3) is 0 Å². The Morgan fingerprint density at radius 1 is 1.44 bits per heavy atom. The minimum atomic E-state index is -1.02. The molecule has 0 saturated carbocycles. The molecule has 0 fully saturated rings. The lowest BCUT2D eigenvalue weighted by Crippen LogP contribution is -2.45. The first kappa shape index (κ1) is 14.3. The van der Waals surface area contributed by atoms with Crippen molar-refractivity contribution in [2.45, 2.75) is 40.2 Å². The van der Waals surface area contributed by atoms with Crippen LogP contribution in [0.5, 0.6) is 0 Å². The third kappa shape index (κ3) is 3.12. The summed E-state index contributed by atoms with van der Waals surface area (Å²) in [4.78, 5) is 23.1. The first-order valence-electron chi connectivity index (χ1n) is 5.97. The molecule has 1 amide bonds. The molecule has 0 aromatic carbocycles. The second-order valence-electron chi connectivity index (χ2n) is 4.50. The zero-order valence-corrected chi connectivity index (χ0v) is 11.1. The SMILES string of the molecule is CC[C@@H](C)[C@H](NC(=O)c1cc(C)oc1C)C(=O)O. The first-order valence-corrected chi connectivity index (χ1v) is 5.97. The van der Waals surface area contributed by atoms with E-state index in [1.807, 2.05) is 6.92 Å². The van der Waals surface area contributed by atoms with Gasteiger partial charge in [0.2, 0.25) is 0 Å². The lowest BCUT2D eigenvalue weighted by molar-refractivity contribution is -0.140. The number of aryl methyl sites for hydroxylation is 2. The number of carboxylic acids is 1. The van der Waals surface area contributed by atoms with Gasteiger partial charge in [0, 0.05) is 0 Å². The molecule has 0 unspecified atom stereocenters. The van der Waals surface area contributed by atoms with Gasteiger partial charge in [-0.1, -0.05) is 20.3 Å². The van der Waals surface area contributed by atoms with E-state index in [2.05, 4.69) is 5.32 Å². The Balaban J connectivity index is 2.85. The standard InChI is InChI=1S/C13H19NO4/c1-5-7(2)11(13(16)17)14-12(15)10-6-8(3)18-9(10)4/h6-7,11H,5H2,1-4H3,(H,14,15)(H,16,17)/t7-,11+/m1/s1. The number of nitrogens with one attached hydrogen (secondary N) is 1.